The van der Waals surface area contributed by atoms with Gasteiger partial charge in [0.15, 0.2) is 0 Å². The Labute approximate surface area is 88.7 Å². The van der Waals surface area contributed by atoms with Gasteiger partial charge in [-0.2, -0.15) is 0 Å². The van der Waals surface area contributed by atoms with E-state index in [9.17, 15) is 0 Å². The lowest BCUT2D eigenvalue weighted by Gasteiger charge is -2.00. The third-order valence-electron chi connectivity index (χ3n) is 2.02. The third kappa shape index (κ3) is 3.28. The number of rotatable bonds is 6. The first kappa shape index (κ1) is 10.6. The summed E-state index contributed by atoms with van der Waals surface area (Å²) in [6.07, 6.45) is -0.519. The van der Waals surface area contributed by atoms with E-state index in [1.165, 1.54) is 0 Å². The molecule has 1 saturated heterocycles. The van der Waals surface area contributed by atoms with Crippen molar-refractivity contribution >= 4 is 0 Å². The van der Waals surface area contributed by atoms with Crippen molar-refractivity contribution in [1.29, 1.82) is 0 Å². The summed E-state index contributed by atoms with van der Waals surface area (Å²) in [5.74, 6) is 0. The molecule has 0 saturated carbocycles. The monoisotopic (exact) mass is 210 g/mol. The van der Waals surface area contributed by atoms with Crippen molar-refractivity contribution in [3.05, 3.63) is 35.9 Å². The van der Waals surface area contributed by atoms with Gasteiger partial charge in [0.05, 0.1) is 6.61 Å². The molecule has 0 unspecified atom stereocenters. The highest BCUT2D eigenvalue weighted by atomic mass is 16.9. The minimum absolute atomic E-state index is 0.232. The maximum absolute atomic E-state index is 5.45. The molecular formula is C11H14O4. The molecule has 1 heterocycles. The first-order valence-electron chi connectivity index (χ1n) is 4.81. The van der Waals surface area contributed by atoms with Gasteiger partial charge in [0.1, 0.15) is 6.79 Å². The van der Waals surface area contributed by atoms with Gasteiger partial charge in [-0.1, -0.05) is 30.3 Å². The molecule has 4 nitrogen and oxygen atoms in total. The van der Waals surface area contributed by atoms with Gasteiger partial charge in [-0.15, -0.1) is 0 Å². The number of methoxy groups -OCH3 is 1. The van der Waals surface area contributed by atoms with Crippen molar-refractivity contribution in [3.8, 4) is 0 Å². The molecule has 82 valence electrons. The van der Waals surface area contributed by atoms with Crippen molar-refractivity contribution in [2.45, 2.75) is 19.2 Å². The van der Waals surface area contributed by atoms with Crippen LogP contribution in [0.25, 0.3) is 0 Å². The predicted molar refractivity (Wildman–Crippen MR) is 52.9 cm³/mol. The molecule has 0 bridgehead atoms. The van der Waals surface area contributed by atoms with Crippen molar-refractivity contribution in [1.82, 2.24) is 0 Å². The van der Waals surface area contributed by atoms with Gasteiger partial charge in [0, 0.05) is 7.11 Å². The van der Waals surface area contributed by atoms with E-state index in [0.29, 0.717) is 6.61 Å². The summed E-state index contributed by atoms with van der Waals surface area (Å²) < 4.78 is 20.4. The van der Waals surface area contributed by atoms with Gasteiger partial charge in [-0.3, -0.25) is 0 Å². The molecular weight excluding hydrogens is 196 g/mol. The van der Waals surface area contributed by atoms with Crippen molar-refractivity contribution in [2.24, 2.45) is 0 Å². The molecule has 1 aromatic rings. The van der Waals surface area contributed by atoms with Crippen LogP contribution in [-0.2, 0) is 25.6 Å². The van der Waals surface area contributed by atoms with Crippen LogP contribution in [-0.4, -0.2) is 26.5 Å². The quantitative estimate of drug-likeness (QED) is 0.527. The summed E-state index contributed by atoms with van der Waals surface area (Å²) in [6.45, 7) is 0.772. The van der Waals surface area contributed by atoms with E-state index in [1.807, 2.05) is 30.3 Å². The zero-order chi connectivity index (χ0) is 10.5. The number of benzene rings is 1. The van der Waals surface area contributed by atoms with E-state index in [-0.39, 0.29) is 19.4 Å². The standard InChI is InChI=1S/C11H14O4/c1-12-8-14-11-10(15-11)13-7-9-5-3-2-4-6-9/h2-6,10-11H,7-8H2,1H3/t10-,11-/m0/s1. The fraction of sp³-hybridized carbons (Fsp3) is 0.455. The fourth-order valence-corrected chi connectivity index (χ4v) is 1.21. The summed E-state index contributed by atoms with van der Waals surface area (Å²) in [5.41, 5.74) is 1.12. The average Bonchev–Trinajstić information content (AvgIpc) is 3.04. The van der Waals surface area contributed by atoms with E-state index >= 15 is 0 Å². The molecule has 2 atom stereocenters. The van der Waals surface area contributed by atoms with E-state index in [2.05, 4.69) is 0 Å². The molecule has 2 rings (SSSR count). The second-order valence-corrected chi connectivity index (χ2v) is 3.24. The Morgan fingerprint density at radius 1 is 1.13 bits per heavy atom. The fourth-order valence-electron chi connectivity index (χ4n) is 1.21. The van der Waals surface area contributed by atoms with Crippen LogP contribution in [0.1, 0.15) is 5.56 Å². The van der Waals surface area contributed by atoms with Crippen molar-refractivity contribution in [2.75, 3.05) is 13.9 Å². The van der Waals surface area contributed by atoms with Crippen LogP contribution in [0, 0.1) is 0 Å². The molecule has 4 heteroatoms. The number of ether oxygens (including phenoxy) is 4. The second-order valence-electron chi connectivity index (χ2n) is 3.24. The van der Waals surface area contributed by atoms with Gasteiger partial charge in [0.25, 0.3) is 0 Å². The summed E-state index contributed by atoms with van der Waals surface area (Å²) in [4.78, 5) is 0. The lowest BCUT2D eigenvalue weighted by molar-refractivity contribution is -0.0716. The molecule has 0 aromatic heterocycles. The van der Waals surface area contributed by atoms with Gasteiger partial charge in [-0.05, 0) is 5.56 Å². The zero-order valence-corrected chi connectivity index (χ0v) is 8.59. The molecule has 0 radical (unpaired) electrons. The van der Waals surface area contributed by atoms with Gasteiger partial charge >= 0.3 is 0 Å². The molecule has 0 aliphatic carbocycles. The Morgan fingerprint density at radius 2 is 1.87 bits per heavy atom. The highest BCUT2D eigenvalue weighted by molar-refractivity contribution is 5.13. The smallest absolute Gasteiger partial charge is 0.214 e. The summed E-state index contributed by atoms with van der Waals surface area (Å²) in [5, 5.41) is 0. The molecule has 1 aliphatic heterocycles. The van der Waals surface area contributed by atoms with Crippen molar-refractivity contribution in [3.63, 3.8) is 0 Å². The Kier molecular flexibility index (Phi) is 3.69. The van der Waals surface area contributed by atoms with Crippen LogP contribution in [0.4, 0.5) is 0 Å². The second kappa shape index (κ2) is 5.23. The van der Waals surface area contributed by atoms with Crippen LogP contribution < -0.4 is 0 Å². The van der Waals surface area contributed by atoms with Crippen LogP contribution in [0.15, 0.2) is 30.3 Å². The number of hydrogen-bond acceptors (Lipinski definition) is 4. The van der Waals surface area contributed by atoms with E-state index in [4.69, 9.17) is 18.9 Å². The Bertz CT molecular complexity index is 288. The molecule has 0 spiro atoms. The maximum atomic E-state index is 5.45. The van der Waals surface area contributed by atoms with Crippen molar-refractivity contribution < 1.29 is 18.9 Å². The van der Waals surface area contributed by atoms with Crippen LogP contribution in [0.3, 0.4) is 0 Å². The molecule has 1 fully saturated rings. The van der Waals surface area contributed by atoms with Gasteiger partial charge in [-0.25, -0.2) is 0 Å². The SMILES string of the molecule is COCO[C@H]1O[C@@H]1OCc1ccccc1. The molecule has 0 N–H and O–H groups in total. The van der Waals surface area contributed by atoms with E-state index in [0.717, 1.165) is 5.56 Å². The predicted octanol–water partition coefficient (Wildman–Crippen LogP) is 1.51. The normalized spacial score (nSPS) is 24.1. The van der Waals surface area contributed by atoms with Crippen LogP contribution >= 0.6 is 0 Å². The van der Waals surface area contributed by atoms with E-state index < -0.39 is 0 Å². The Morgan fingerprint density at radius 3 is 2.60 bits per heavy atom. The van der Waals surface area contributed by atoms with Gasteiger partial charge in [0.2, 0.25) is 12.6 Å². The Balaban J connectivity index is 1.64. The topological polar surface area (TPSA) is 40.2 Å². The molecule has 0 amide bonds. The highest BCUT2D eigenvalue weighted by Gasteiger charge is 2.41. The summed E-state index contributed by atoms with van der Waals surface area (Å²) in [6, 6.07) is 9.94. The molecule has 15 heavy (non-hydrogen) atoms. The summed E-state index contributed by atoms with van der Waals surface area (Å²) in [7, 11) is 1.57. The summed E-state index contributed by atoms with van der Waals surface area (Å²) >= 11 is 0. The molecule has 1 aliphatic rings. The van der Waals surface area contributed by atoms with Crippen LogP contribution in [0.5, 0.6) is 0 Å². The average molecular weight is 210 g/mol. The first-order valence-corrected chi connectivity index (χ1v) is 4.81. The number of epoxide rings is 1. The third-order valence-corrected chi connectivity index (χ3v) is 2.02. The first-order chi connectivity index (χ1) is 7.40. The van der Waals surface area contributed by atoms with Gasteiger partial charge < -0.3 is 18.9 Å². The lowest BCUT2D eigenvalue weighted by Crippen LogP contribution is -2.06. The lowest BCUT2D eigenvalue weighted by atomic mass is 10.2. The molecule has 1 aromatic carbocycles. The zero-order valence-electron chi connectivity index (χ0n) is 8.59. The number of hydrogen-bond donors (Lipinski definition) is 0. The minimum atomic E-state index is -0.270. The Hall–Kier alpha value is -0.940. The van der Waals surface area contributed by atoms with E-state index in [1.54, 1.807) is 7.11 Å². The van der Waals surface area contributed by atoms with Crippen LogP contribution in [0.2, 0.25) is 0 Å². The largest absolute Gasteiger partial charge is 0.359 e. The minimum Gasteiger partial charge on any atom is -0.359 e. The highest BCUT2D eigenvalue weighted by Crippen LogP contribution is 2.25. The maximum Gasteiger partial charge on any atom is 0.214 e.